The van der Waals surface area contributed by atoms with Gasteiger partial charge in [0.05, 0.1) is 6.10 Å². The third-order valence-electron chi connectivity index (χ3n) is 2.82. The normalized spacial score (nSPS) is 14.6. The Labute approximate surface area is 117 Å². The first-order valence-corrected chi connectivity index (χ1v) is 6.97. The molecule has 0 aromatic heterocycles. The van der Waals surface area contributed by atoms with Gasteiger partial charge in [-0.3, -0.25) is 0 Å². The van der Waals surface area contributed by atoms with E-state index in [9.17, 15) is 0 Å². The molecule has 1 aromatic rings. The minimum atomic E-state index is -0.0152. The summed E-state index contributed by atoms with van der Waals surface area (Å²) in [6.07, 6.45) is 2.89. The Bertz CT molecular complexity index is 359. The van der Waals surface area contributed by atoms with Gasteiger partial charge in [-0.05, 0) is 30.5 Å². The molecule has 0 fully saturated rings. The predicted octanol–water partition coefficient (Wildman–Crippen LogP) is 3.79. The van der Waals surface area contributed by atoms with Crippen molar-refractivity contribution in [3.63, 3.8) is 0 Å². The lowest BCUT2D eigenvalue weighted by Gasteiger charge is -2.22. The van der Waals surface area contributed by atoms with Crippen molar-refractivity contribution in [2.45, 2.75) is 38.3 Å². The van der Waals surface area contributed by atoms with E-state index >= 15 is 0 Å². The van der Waals surface area contributed by atoms with E-state index in [1.165, 1.54) is 0 Å². The largest absolute Gasteiger partial charge is 0.380 e. The molecule has 0 radical (unpaired) electrons. The fraction of sp³-hybridized carbons (Fsp3) is 0.538. The van der Waals surface area contributed by atoms with Crippen LogP contribution >= 0.6 is 27.5 Å². The molecule has 96 valence electrons. The lowest BCUT2D eigenvalue weighted by molar-refractivity contribution is 0.0727. The van der Waals surface area contributed by atoms with Crippen molar-refractivity contribution >= 4 is 27.5 Å². The van der Waals surface area contributed by atoms with Gasteiger partial charge >= 0.3 is 0 Å². The molecule has 0 bridgehead atoms. The van der Waals surface area contributed by atoms with Crippen LogP contribution in [0.25, 0.3) is 0 Å². The van der Waals surface area contributed by atoms with Gasteiger partial charge < -0.3 is 10.5 Å². The first kappa shape index (κ1) is 15.0. The van der Waals surface area contributed by atoms with Gasteiger partial charge in [0.2, 0.25) is 0 Å². The number of benzene rings is 1. The predicted molar refractivity (Wildman–Crippen MR) is 76.5 cm³/mol. The molecule has 2 unspecified atom stereocenters. The Morgan fingerprint density at radius 2 is 2.18 bits per heavy atom. The number of methoxy groups -OCH3 is 1. The molecule has 0 saturated carbocycles. The number of hydrogen-bond donors (Lipinski definition) is 1. The van der Waals surface area contributed by atoms with Crippen LogP contribution in [0.5, 0.6) is 0 Å². The lowest BCUT2D eigenvalue weighted by Crippen LogP contribution is -2.38. The van der Waals surface area contributed by atoms with Crippen molar-refractivity contribution in [2.24, 2.45) is 5.73 Å². The molecule has 4 heteroatoms. The Kier molecular flexibility index (Phi) is 6.49. The molecular formula is C13H19BrClNO. The standard InChI is InChI=1S/C13H19BrClNO/c1-3-4-13(17-2)12(16)7-9-5-6-10(14)8-11(9)15/h5-6,8,12-13H,3-4,7,16H2,1-2H3. The third kappa shape index (κ3) is 4.59. The molecule has 2 nitrogen and oxygen atoms in total. The highest BCUT2D eigenvalue weighted by Gasteiger charge is 2.17. The van der Waals surface area contributed by atoms with Crippen LogP contribution in [0.15, 0.2) is 22.7 Å². The molecule has 1 rings (SSSR count). The maximum Gasteiger partial charge on any atom is 0.0725 e. The van der Waals surface area contributed by atoms with Crippen LogP contribution < -0.4 is 5.73 Å². The molecule has 0 amide bonds. The average Bonchev–Trinajstić information content (AvgIpc) is 2.29. The highest BCUT2D eigenvalue weighted by molar-refractivity contribution is 9.10. The van der Waals surface area contributed by atoms with Gasteiger partial charge in [-0.15, -0.1) is 0 Å². The summed E-state index contributed by atoms with van der Waals surface area (Å²) in [6.45, 7) is 2.13. The van der Waals surface area contributed by atoms with Gasteiger partial charge in [-0.2, -0.15) is 0 Å². The lowest BCUT2D eigenvalue weighted by atomic mass is 9.99. The fourth-order valence-electron chi connectivity index (χ4n) is 1.86. The van der Waals surface area contributed by atoms with Crippen LogP contribution in [0.1, 0.15) is 25.3 Å². The van der Waals surface area contributed by atoms with Gasteiger partial charge in [0, 0.05) is 22.6 Å². The summed E-state index contributed by atoms with van der Waals surface area (Å²) >= 11 is 9.56. The first-order valence-electron chi connectivity index (χ1n) is 5.80. The number of ether oxygens (including phenoxy) is 1. The maximum absolute atomic E-state index is 6.17. The summed E-state index contributed by atoms with van der Waals surface area (Å²) in [6, 6.07) is 5.87. The second-order valence-electron chi connectivity index (χ2n) is 4.17. The summed E-state index contributed by atoms with van der Waals surface area (Å²) in [7, 11) is 1.71. The van der Waals surface area contributed by atoms with Gasteiger partial charge in [0.1, 0.15) is 0 Å². The molecule has 0 aliphatic rings. The summed E-state index contributed by atoms with van der Waals surface area (Å²) in [5.74, 6) is 0. The van der Waals surface area contributed by atoms with Crippen LogP contribution in [0.3, 0.4) is 0 Å². The van der Waals surface area contributed by atoms with Gasteiger partial charge in [-0.25, -0.2) is 0 Å². The topological polar surface area (TPSA) is 35.2 Å². The highest BCUT2D eigenvalue weighted by Crippen LogP contribution is 2.23. The van der Waals surface area contributed by atoms with Crippen molar-refractivity contribution in [3.8, 4) is 0 Å². The van der Waals surface area contributed by atoms with Crippen molar-refractivity contribution in [3.05, 3.63) is 33.3 Å². The van der Waals surface area contributed by atoms with E-state index in [1.807, 2.05) is 18.2 Å². The smallest absolute Gasteiger partial charge is 0.0725 e. The highest BCUT2D eigenvalue weighted by atomic mass is 79.9. The quantitative estimate of drug-likeness (QED) is 0.865. The monoisotopic (exact) mass is 319 g/mol. The van der Waals surface area contributed by atoms with Crippen LogP contribution in [-0.2, 0) is 11.2 Å². The van der Waals surface area contributed by atoms with Crippen molar-refractivity contribution in [1.82, 2.24) is 0 Å². The third-order valence-corrected chi connectivity index (χ3v) is 3.67. The molecule has 0 aliphatic carbocycles. The molecule has 0 saturated heterocycles. The van der Waals surface area contributed by atoms with Gasteiger partial charge in [0.25, 0.3) is 0 Å². The second kappa shape index (κ2) is 7.37. The van der Waals surface area contributed by atoms with Gasteiger partial charge in [-0.1, -0.05) is 46.9 Å². The molecule has 1 aromatic carbocycles. The van der Waals surface area contributed by atoms with E-state index in [1.54, 1.807) is 7.11 Å². The number of halogens is 2. The average molecular weight is 321 g/mol. The van der Waals surface area contributed by atoms with Crippen LogP contribution in [-0.4, -0.2) is 19.3 Å². The maximum atomic E-state index is 6.17. The molecular weight excluding hydrogens is 302 g/mol. The SMILES string of the molecule is CCCC(OC)C(N)Cc1ccc(Br)cc1Cl. The molecule has 2 N–H and O–H groups in total. The van der Waals surface area contributed by atoms with E-state index in [-0.39, 0.29) is 12.1 Å². The van der Waals surface area contributed by atoms with Crippen LogP contribution in [0, 0.1) is 0 Å². The van der Waals surface area contributed by atoms with Crippen LogP contribution in [0.2, 0.25) is 5.02 Å². The van der Waals surface area contributed by atoms with E-state index in [0.29, 0.717) is 0 Å². The minimum Gasteiger partial charge on any atom is -0.380 e. The molecule has 2 atom stereocenters. The summed E-state index contributed by atoms with van der Waals surface area (Å²) < 4.78 is 6.39. The zero-order valence-electron chi connectivity index (χ0n) is 10.2. The molecule has 0 aliphatic heterocycles. The number of nitrogens with two attached hydrogens (primary N) is 1. The van der Waals surface area contributed by atoms with E-state index < -0.39 is 0 Å². The fourth-order valence-corrected chi connectivity index (χ4v) is 2.61. The number of hydrogen-bond acceptors (Lipinski definition) is 2. The molecule has 0 spiro atoms. The Hall–Kier alpha value is -0.0900. The van der Waals surface area contributed by atoms with Crippen molar-refractivity contribution < 1.29 is 4.74 Å². The zero-order chi connectivity index (χ0) is 12.8. The van der Waals surface area contributed by atoms with Gasteiger partial charge in [0.15, 0.2) is 0 Å². The molecule has 17 heavy (non-hydrogen) atoms. The summed E-state index contributed by atoms with van der Waals surface area (Å²) in [5, 5.41) is 0.751. The van der Waals surface area contributed by atoms with E-state index in [0.717, 1.165) is 34.3 Å². The zero-order valence-corrected chi connectivity index (χ0v) is 12.6. The minimum absolute atomic E-state index is 0.0152. The Balaban J connectivity index is 2.69. The number of rotatable bonds is 6. The summed E-state index contributed by atoms with van der Waals surface area (Å²) in [5.41, 5.74) is 7.23. The van der Waals surface area contributed by atoms with Crippen LogP contribution in [0.4, 0.5) is 0 Å². The van der Waals surface area contributed by atoms with Crippen molar-refractivity contribution in [1.29, 1.82) is 0 Å². The molecule has 0 heterocycles. The Morgan fingerprint density at radius 3 is 2.71 bits per heavy atom. The Morgan fingerprint density at radius 1 is 1.47 bits per heavy atom. The van der Waals surface area contributed by atoms with Crippen molar-refractivity contribution in [2.75, 3.05) is 7.11 Å². The summed E-state index contributed by atoms with van der Waals surface area (Å²) in [4.78, 5) is 0. The second-order valence-corrected chi connectivity index (χ2v) is 5.49. The van der Waals surface area contributed by atoms with E-state index in [2.05, 4.69) is 22.9 Å². The van der Waals surface area contributed by atoms with E-state index in [4.69, 9.17) is 22.1 Å². The first-order chi connectivity index (χ1) is 8.08.